The van der Waals surface area contributed by atoms with Crippen LogP contribution in [0.2, 0.25) is 0 Å². The Morgan fingerprint density at radius 1 is 1.26 bits per heavy atom. The molecule has 2 aromatic heterocycles. The predicted molar refractivity (Wildman–Crippen MR) is 85.9 cm³/mol. The summed E-state index contributed by atoms with van der Waals surface area (Å²) in [6.07, 6.45) is 0.387. The maximum atomic E-state index is 12.2. The molecule has 1 atom stereocenters. The molecule has 7 nitrogen and oxygen atoms in total. The van der Waals surface area contributed by atoms with Gasteiger partial charge in [0.15, 0.2) is 5.82 Å². The van der Waals surface area contributed by atoms with E-state index in [0.717, 1.165) is 28.7 Å². The lowest BCUT2D eigenvalue weighted by Gasteiger charge is -2.11. The maximum absolute atomic E-state index is 12.2. The van der Waals surface area contributed by atoms with Crippen LogP contribution in [0.25, 0.3) is 0 Å². The molecule has 0 saturated carbocycles. The van der Waals surface area contributed by atoms with Crippen molar-refractivity contribution < 1.29 is 9.32 Å². The Morgan fingerprint density at radius 2 is 1.96 bits per heavy atom. The molecule has 0 aliphatic rings. The van der Waals surface area contributed by atoms with Gasteiger partial charge in [0.05, 0.1) is 12.2 Å². The SMILES string of the molecule is Cc1noc(C)c1[C@H](C)CC(=O)NCc1nnc(C(C)C)n1C. The number of nitrogens with one attached hydrogen (secondary N) is 1. The summed E-state index contributed by atoms with van der Waals surface area (Å²) in [5.74, 6) is 2.79. The molecule has 2 heterocycles. The maximum Gasteiger partial charge on any atom is 0.220 e. The van der Waals surface area contributed by atoms with E-state index in [1.54, 1.807) is 0 Å². The fourth-order valence-corrected chi connectivity index (χ4v) is 2.86. The highest BCUT2D eigenvalue weighted by Gasteiger charge is 2.19. The number of nitrogens with zero attached hydrogens (tertiary/aromatic N) is 4. The van der Waals surface area contributed by atoms with Gasteiger partial charge in [-0.05, 0) is 19.8 Å². The molecule has 0 aliphatic heterocycles. The number of carbonyl (C=O) groups is 1. The summed E-state index contributed by atoms with van der Waals surface area (Å²) >= 11 is 0. The Bertz CT molecular complexity index is 667. The Kier molecular flexibility index (Phi) is 5.18. The van der Waals surface area contributed by atoms with E-state index in [0.29, 0.717) is 18.9 Å². The second-order valence-corrected chi connectivity index (χ2v) is 6.31. The molecular weight excluding hydrogens is 294 g/mol. The van der Waals surface area contributed by atoms with Gasteiger partial charge in [0.25, 0.3) is 0 Å². The molecule has 2 rings (SSSR count). The van der Waals surface area contributed by atoms with Crippen LogP contribution in [0.4, 0.5) is 0 Å². The fourth-order valence-electron chi connectivity index (χ4n) is 2.86. The predicted octanol–water partition coefficient (Wildman–Crippen LogP) is 2.35. The summed E-state index contributed by atoms with van der Waals surface area (Å²) in [4.78, 5) is 12.2. The van der Waals surface area contributed by atoms with Crippen LogP contribution in [-0.4, -0.2) is 25.8 Å². The van der Waals surface area contributed by atoms with Crippen molar-refractivity contribution in [2.24, 2.45) is 7.05 Å². The highest BCUT2D eigenvalue weighted by Crippen LogP contribution is 2.25. The van der Waals surface area contributed by atoms with Crippen LogP contribution in [0.5, 0.6) is 0 Å². The van der Waals surface area contributed by atoms with Crippen molar-refractivity contribution in [2.45, 2.75) is 59.4 Å². The number of aromatic nitrogens is 4. The minimum atomic E-state index is -0.0217. The van der Waals surface area contributed by atoms with Crippen molar-refractivity contribution in [3.63, 3.8) is 0 Å². The molecule has 0 unspecified atom stereocenters. The van der Waals surface area contributed by atoms with E-state index >= 15 is 0 Å². The molecule has 126 valence electrons. The van der Waals surface area contributed by atoms with Crippen LogP contribution in [0.15, 0.2) is 4.52 Å². The average molecular weight is 319 g/mol. The third-order valence-electron chi connectivity index (χ3n) is 4.03. The van der Waals surface area contributed by atoms with E-state index in [-0.39, 0.29) is 11.8 Å². The van der Waals surface area contributed by atoms with E-state index in [1.807, 2.05) is 32.4 Å². The summed E-state index contributed by atoms with van der Waals surface area (Å²) in [7, 11) is 1.92. The Labute approximate surface area is 136 Å². The van der Waals surface area contributed by atoms with Gasteiger partial charge < -0.3 is 14.4 Å². The summed E-state index contributed by atoms with van der Waals surface area (Å²) < 4.78 is 7.10. The lowest BCUT2D eigenvalue weighted by Crippen LogP contribution is -2.25. The molecule has 2 aromatic rings. The summed E-state index contributed by atoms with van der Waals surface area (Å²) in [5, 5.41) is 15.1. The first-order valence-electron chi connectivity index (χ1n) is 7.88. The first-order valence-corrected chi connectivity index (χ1v) is 7.88. The molecule has 0 spiro atoms. The average Bonchev–Trinajstić information content (AvgIpc) is 2.99. The highest BCUT2D eigenvalue weighted by atomic mass is 16.5. The number of rotatable bonds is 6. The standard InChI is InChI=1S/C16H25N5O2/c1-9(2)16-19-18-13(21(16)6)8-17-14(22)7-10(3)15-11(4)20-23-12(15)5/h9-10H,7-8H2,1-6H3,(H,17,22)/t10-/m1/s1. The molecule has 0 aromatic carbocycles. The van der Waals surface area contributed by atoms with Gasteiger partial charge in [-0.15, -0.1) is 10.2 Å². The Balaban J connectivity index is 1.93. The van der Waals surface area contributed by atoms with Crippen LogP contribution < -0.4 is 5.32 Å². The molecule has 1 N–H and O–H groups in total. The molecule has 0 fully saturated rings. The van der Waals surface area contributed by atoms with Gasteiger partial charge in [0.2, 0.25) is 5.91 Å². The lowest BCUT2D eigenvalue weighted by atomic mass is 9.96. The normalized spacial score (nSPS) is 12.7. The topological polar surface area (TPSA) is 85.8 Å². The van der Waals surface area contributed by atoms with Gasteiger partial charge in [-0.2, -0.15) is 0 Å². The Morgan fingerprint density at radius 3 is 2.48 bits per heavy atom. The molecule has 1 amide bonds. The van der Waals surface area contributed by atoms with Crippen molar-refractivity contribution in [1.82, 2.24) is 25.2 Å². The zero-order chi connectivity index (χ0) is 17.1. The van der Waals surface area contributed by atoms with Crippen molar-refractivity contribution >= 4 is 5.91 Å². The van der Waals surface area contributed by atoms with E-state index in [1.165, 1.54) is 0 Å². The van der Waals surface area contributed by atoms with Crippen molar-refractivity contribution in [3.8, 4) is 0 Å². The fraction of sp³-hybridized carbons (Fsp3) is 0.625. The summed E-state index contributed by atoms with van der Waals surface area (Å²) in [6, 6.07) is 0. The molecular formula is C16H25N5O2. The first-order chi connectivity index (χ1) is 10.8. The van der Waals surface area contributed by atoms with Crippen LogP contribution in [0.3, 0.4) is 0 Å². The monoisotopic (exact) mass is 319 g/mol. The van der Waals surface area contributed by atoms with Crippen LogP contribution >= 0.6 is 0 Å². The lowest BCUT2D eigenvalue weighted by molar-refractivity contribution is -0.121. The minimum absolute atomic E-state index is 0.0217. The molecule has 0 aliphatic carbocycles. The van der Waals surface area contributed by atoms with Crippen molar-refractivity contribution in [1.29, 1.82) is 0 Å². The van der Waals surface area contributed by atoms with E-state index in [2.05, 4.69) is 34.5 Å². The first kappa shape index (κ1) is 17.2. The van der Waals surface area contributed by atoms with Crippen LogP contribution in [0.1, 0.15) is 67.7 Å². The van der Waals surface area contributed by atoms with Gasteiger partial charge in [0, 0.05) is 24.9 Å². The second kappa shape index (κ2) is 6.93. The third kappa shape index (κ3) is 3.78. The second-order valence-electron chi connectivity index (χ2n) is 6.31. The van der Waals surface area contributed by atoms with Gasteiger partial charge in [-0.3, -0.25) is 4.79 Å². The minimum Gasteiger partial charge on any atom is -0.361 e. The zero-order valence-corrected chi connectivity index (χ0v) is 14.7. The van der Waals surface area contributed by atoms with Gasteiger partial charge in [0.1, 0.15) is 11.6 Å². The van der Waals surface area contributed by atoms with E-state index in [4.69, 9.17) is 4.52 Å². The molecule has 7 heteroatoms. The number of aryl methyl sites for hydroxylation is 2. The van der Waals surface area contributed by atoms with Gasteiger partial charge >= 0.3 is 0 Å². The van der Waals surface area contributed by atoms with Crippen molar-refractivity contribution in [3.05, 3.63) is 28.7 Å². The van der Waals surface area contributed by atoms with Gasteiger partial charge in [-0.25, -0.2) is 0 Å². The molecule has 0 saturated heterocycles. The van der Waals surface area contributed by atoms with Crippen molar-refractivity contribution in [2.75, 3.05) is 0 Å². The quantitative estimate of drug-likeness (QED) is 0.883. The summed E-state index contributed by atoms with van der Waals surface area (Å²) in [5.41, 5.74) is 1.86. The van der Waals surface area contributed by atoms with E-state index < -0.39 is 0 Å². The van der Waals surface area contributed by atoms with Gasteiger partial charge in [-0.1, -0.05) is 25.9 Å². The zero-order valence-electron chi connectivity index (χ0n) is 14.7. The van der Waals surface area contributed by atoms with Crippen LogP contribution in [0, 0.1) is 13.8 Å². The number of carbonyl (C=O) groups excluding carboxylic acids is 1. The van der Waals surface area contributed by atoms with Crippen LogP contribution in [-0.2, 0) is 18.4 Å². The molecule has 23 heavy (non-hydrogen) atoms. The molecule has 0 radical (unpaired) electrons. The highest BCUT2D eigenvalue weighted by molar-refractivity contribution is 5.76. The Hall–Kier alpha value is -2.18. The third-order valence-corrected chi connectivity index (χ3v) is 4.03. The van der Waals surface area contributed by atoms with E-state index in [9.17, 15) is 4.79 Å². The number of hydrogen-bond acceptors (Lipinski definition) is 5. The largest absolute Gasteiger partial charge is 0.361 e. The smallest absolute Gasteiger partial charge is 0.220 e. The summed E-state index contributed by atoms with van der Waals surface area (Å²) in [6.45, 7) is 10.3. The molecule has 0 bridgehead atoms. The number of amides is 1. The number of hydrogen-bond donors (Lipinski definition) is 1.